The smallest absolute Gasteiger partial charge is 0.322 e. The molecule has 1 aromatic carbocycles. The summed E-state index contributed by atoms with van der Waals surface area (Å²) in [6.45, 7) is 2.10. The van der Waals surface area contributed by atoms with Crippen molar-refractivity contribution in [2.45, 2.75) is 19.1 Å². The predicted octanol–water partition coefficient (Wildman–Crippen LogP) is 1.58. The van der Waals surface area contributed by atoms with E-state index in [0.29, 0.717) is 12.7 Å². The Hall–Kier alpha value is -1.73. The van der Waals surface area contributed by atoms with Gasteiger partial charge in [-0.15, -0.1) is 0 Å². The first-order valence-electron chi connectivity index (χ1n) is 6.26. The number of anilines is 1. The van der Waals surface area contributed by atoms with Crippen molar-refractivity contribution >= 4 is 11.7 Å². The maximum atomic E-state index is 13.5. The van der Waals surface area contributed by atoms with Gasteiger partial charge in [0.2, 0.25) is 0 Å². The normalized spacial score (nSPS) is 22.7. The van der Waals surface area contributed by atoms with Crippen molar-refractivity contribution in [1.29, 1.82) is 0 Å². The van der Waals surface area contributed by atoms with Gasteiger partial charge in [-0.1, -0.05) is 0 Å². The van der Waals surface area contributed by atoms with E-state index >= 15 is 0 Å². The molecule has 2 atom stereocenters. The van der Waals surface area contributed by atoms with Crippen LogP contribution in [0.5, 0.6) is 0 Å². The molecule has 1 heterocycles. The highest BCUT2D eigenvalue weighted by atomic mass is 19.1. The average Bonchev–Trinajstić information content (AvgIpc) is 2.42. The van der Waals surface area contributed by atoms with Crippen LogP contribution in [-0.2, 0) is 4.74 Å². The van der Waals surface area contributed by atoms with Gasteiger partial charge in [-0.2, -0.15) is 0 Å². The second-order valence-corrected chi connectivity index (χ2v) is 4.69. The van der Waals surface area contributed by atoms with E-state index in [4.69, 9.17) is 9.84 Å². The lowest BCUT2D eigenvalue weighted by Crippen LogP contribution is -2.53. The van der Waals surface area contributed by atoms with Crippen molar-refractivity contribution in [3.63, 3.8) is 0 Å². The largest absolute Gasteiger partial charge is 0.394 e. The minimum absolute atomic E-state index is 0.0874. The summed E-state index contributed by atoms with van der Waals surface area (Å²) in [6.07, 6.45) is -0.449. The van der Waals surface area contributed by atoms with Gasteiger partial charge in [0, 0.05) is 6.07 Å². The number of morpholine rings is 1. The van der Waals surface area contributed by atoms with Gasteiger partial charge in [-0.3, -0.25) is 0 Å². The number of hydrogen-bond acceptors (Lipinski definition) is 3. The van der Waals surface area contributed by atoms with E-state index in [-0.39, 0.29) is 24.9 Å². The number of nitrogens with one attached hydrogen (secondary N) is 1. The van der Waals surface area contributed by atoms with Crippen LogP contribution in [0.15, 0.2) is 18.2 Å². The molecule has 1 aromatic rings. The molecule has 1 aliphatic heterocycles. The molecule has 110 valence electrons. The van der Waals surface area contributed by atoms with Gasteiger partial charge in [-0.25, -0.2) is 13.6 Å². The first kappa shape index (κ1) is 14.7. The maximum Gasteiger partial charge on any atom is 0.322 e. The Labute approximate surface area is 115 Å². The maximum absolute atomic E-state index is 13.5. The van der Waals surface area contributed by atoms with Gasteiger partial charge in [-0.05, 0) is 19.1 Å². The van der Waals surface area contributed by atoms with Crippen molar-refractivity contribution in [2.75, 3.05) is 25.1 Å². The van der Waals surface area contributed by atoms with E-state index in [9.17, 15) is 13.6 Å². The summed E-state index contributed by atoms with van der Waals surface area (Å²) in [7, 11) is 0. The number of aliphatic hydroxyl groups excluding tert-OH is 1. The van der Waals surface area contributed by atoms with Crippen molar-refractivity contribution in [1.82, 2.24) is 4.90 Å². The van der Waals surface area contributed by atoms with Crippen molar-refractivity contribution < 1.29 is 23.4 Å². The molecular formula is C13H16F2N2O3. The fourth-order valence-electron chi connectivity index (χ4n) is 1.99. The molecule has 0 spiro atoms. The molecule has 0 aromatic heterocycles. The van der Waals surface area contributed by atoms with E-state index < -0.39 is 23.8 Å². The van der Waals surface area contributed by atoms with Crippen molar-refractivity contribution in [3.8, 4) is 0 Å². The molecule has 2 N–H and O–H groups in total. The summed E-state index contributed by atoms with van der Waals surface area (Å²) in [5, 5.41) is 11.4. The van der Waals surface area contributed by atoms with Gasteiger partial charge in [0.25, 0.3) is 0 Å². The van der Waals surface area contributed by atoms with E-state index in [1.807, 2.05) is 0 Å². The van der Waals surface area contributed by atoms with E-state index in [1.54, 1.807) is 6.92 Å². The molecule has 0 saturated carbocycles. The third-order valence-electron chi connectivity index (χ3n) is 3.14. The molecule has 2 rings (SSSR count). The van der Waals surface area contributed by atoms with Gasteiger partial charge < -0.3 is 20.1 Å². The zero-order valence-electron chi connectivity index (χ0n) is 11.0. The number of carbonyl (C=O) groups is 1. The van der Waals surface area contributed by atoms with Crippen molar-refractivity contribution in [2.24, 2.45) is 0 Å². The molecule has 2 amide bonds. The lowest BCUT2D eigenvalue weighted by molar-refractivity contribution is -0.0612. The fourth-order valence-corrected chi connectivity index (χ4v) is 1.99. The van der Waals surface area contributed by atoms with Crippen LogP contribution in [0.2, 0.25) is 0 Å². The Kier molecular flexibility index (Phi) is 4.51. The van der Waals surface area contributed by atoms with E-state index in [2.05, 4.69) is 5.32 Å². The SMILES string of the molecule is C[C@@H]1CO[C@H](CO)CN1C(=O)Nc1ccc(F)cc1F. The number of nitrogens with zero attached hydrogens (tertiary/aromatic N) is 1. The molecule has 5 nitrogen and oxygen atoms in total. The highest BCUT2D eigenvalue weighted by Crippen LogP contribution is 2.18. The van der Waals surface area contributed by atoms with Gasteiger partial charge in [0.15, 0.2) is 0 Å². The first-order valence-corrected chi connectivity index (χ1v) is 6.26. The zero-order valence-corrected chi connectivity index (χ0v) is 11.0. The standard InChI is InChI=1S/C13H16F2N2O3/c1-8-7-20-10(6-18)5-17(8)13(19)16-12-3-2-9(14)4-11(12)15/h2-4,8,10,18H,5-7H2,1H3,(H,16,19)/t8-,10+/m1/s1. The Morgan fingerprint density at radius 1 is 1.55 bits per heavy atom. The lowest BCUT2D eigenvalue weighted by Gasteiger charge is -2.37. The Balaban J connectivity index is 2.06. The third kappa shape index (κ3) is 3.23. The number of hydrogen-bond donors (Lipinski definition) is 2. The number of amides is 2. The summed E-state index contributed by atoms with van der Waals surface area (Å²) in [5.41, 5.74) is -0.0874. The van der Waals surface area contributed by atoms with Crippen molar-refractivity contribution in [3.05, 3.63) is 29.8 Å². The van der Waals surface area contributed by atoms with Crippen LogP contribution in [0.4, 0.5) is 19.3 Å². The number of carbonyl (C=O) groups excluding carboxylic acids is 1. The number of halogens is 2. The van der Waals surface area contributed by atoms with Crippen LogP contribution in [0.1, 0.15) is 6.92 Å². The van der Waals surface area contributed by atoms with Gasteiger partial charge in [0.1, 0.15) is 11.6 Å². The molecule has 7 heteroatoms. The van der Waals surface area contributed by atoms with Gasteiger partial charge in [0.05, 0.1) is 37.6 Å². The Bertz CT molecular complexity index is 499. The Morgan fingerprint density at radius 3 is 2.95 bits per heavy atom. The number of ether oxygens (including phenoxy) is 1. The molecule has 0 bridgehead atoms. The summed E-state index contributed by atoms with van der Waals surface area (Å²) in [4.78, 5) is 13.5. The quantitative estimate of drug-likeness (QED) is 0.867. The lowest BCUT2D eigenvalue weighted by atomic mass is 10.2. The van der Waals surface area contributed by atoms with Crippen LogP contribution in [-0.4, -0.2) is 47.9 Å². The average molecular weight is 286 g/mol. The molecule has 1 aliphatic rings. The molecule has 0 aliphatic carbocycles. The zero-order chi connectivity index (χ0) is 14.7. The minimum atomic E-state index is -0.835. The number of benzene rings is 1. The molecule has 20 heavy (non-hydrogen) atoms. The minimum Gasteiger partial charge on any atom is -0.394 e. The number of urea groups is 1. The summed E-state index contributed by atoms with van der Waals surface area (Å²) >= 11 is 0. The first-order chi connectivity index (χ1) is 9.51. The highest BCUT2D eigenvalue weighted by Gasteiger charge is 2.29. The molecule has 1 fully saturated rings. The van der Waals surface area contributed by atoms with E-state index in [1.165, 1.54) is 4.90 Å². The number of rotatable bonds is 2. The summed E-state index contributed by atoms with van der Waals surface area (Å²) < 4.78 is 31.6. The van der Waals surface area contributed by atoms with Crippen LogP contribution < -0.4 is 5.32 Å². The highest BCUT2D eigenvalue weighted by molar-refractivity contribution is 5.89. The molecule has 1 saturated heterocycles. The Morgan fingerprint density at radius 2 is 2.30 bits per heavy atom. The monoisotopic (exact) mass is 286 g/mol. The van der Waals surface area contributed by atoms with Gasteiger partial charge >= 0.3 is 6.03 Å². The van der Waals surface area contributed by atoms with Crippen LogP contribution in [0, 0.1) is 11.6 Å². The van der Waals surface area contributed by atoms with Crippen LogP contribution in [0.3, 0.4) is 0 Å². The second-order valence-electron chi connectivity index (χ2n) is 4.69. The summed E-state index contributed by atoms with van der Waals surface area (Å²) in [5.74, 6) is -1.54. The number of aliphatic hydroxyl groups is 1. The van der Waals surface area contributed by atoms with Crippen LogP contribution >= 0.6 is 0 Å². The topological polar surface area (TPSA) is 61.8 Å². The molecule has 0 unspecified atom stereocenters. The molecule has 0 radical (unpaired) electrons. The van der Waals surface area contributed by atoms with Crippen LogP contribution in [0.25, 0.3) is 0 Å². The third-order valence-corrected chi connectivity index (χ3v) is 3.14. The predicted molar refractivity (Wildman–Crippen MR) is 68.4 cm³/mol. The van der Waals surface area contributed by atoms with E-state index in [0.717, 1.165) is 12.1 Å². The summed E-state index contributed by atoms with van der Waals surface area (Å²) in [6, 6.07) is 2.23. The second kappa shape index (κ2) is 6.15. The molecular weight excluding hydrogens is 270 g/mol. The fraction of sp³-hybridized carbons (Fsp3) is 0.462.